The Morgan fingerprint density at radius 2 is 2.14 bits per heavy atom. The van der Waals surface area contributed by atoms with Crippen molar-refractivity contribution in [3.05, 3.63) is 36.7 Å². The van der Waals surface area contributed by atoms with Crippen LogP contribution < -0.4 is 4.74 Å². The molecule has 2 heterocycles. The highest BCUT2D eigenvalue weighted by molar-refractivity contribution is 7.99. The molecule has 1 aromatic carbocycles. The van der Waals surface area contributed by atoms with E-state index in [1.165, 1.54) is 4.90 Å². The lowest BCUT2D eigenvalue weighted by Crippen LogP contribution is -1.95. The smallest absolute Gasteiger partial charge is 0.142 e. The largest absolute Gasteiger partial charge is 0.493 e. The van der Waals surface area contributed by atoms with Crippen LogP contribution in [-0.2, 0) is 0 Å². The van der Waals surface area contributed by atoms with Gasteiger partial charge in [-0.2, -0.15) is 0 Å². The van der Waals surface area contributed by atoms with Gasteiger partial charge in [-0.15, -0.1) is 11.8 Å². The Hall–Kier alpha value is -2.01. The van der Waals surface area contributed by atoms with Crippen LogP contribution >= 0.6 is 11.8 Å². The Morgan fingerprint density at radius 3 is 2.91 bits per heavy atom. The summed E-state index contributed by atoms with van der Waals surface area (Å²) < 4.78 is 5.82. The standard InChI is InChI=1S/C17H19N3OS/c1-3-9-22-12-5-6-13(16(10-12)21-4-2)17-19-14-7-8-18-11-15(14)20-17/h5-8,10-11H,3-4,9H2,1-2H3,(H,19,20). The number of benzene rings is 1. The van der Waals surface area contributed by atoms with Crippen molar-refractivity contribution >= 4 is 22.8 Å². The van der Waals surface area contributed by atoms with Crippen molar-refractivity contribution in [2.24, 2.45) is 0 Å². The average Bonchev–Trinajstić information content (AvgIpc) is 2.97. The second-order valence-corrected chi connectivity index (χ2v) is 6.09. The Bertz CT molecular complexity index is 736. The molecule has 0 fully saturated rings. The van der Waals surface area contributed by atoms with Gasteiger partial charge in [0, 0.05) is 11.1 Å². The summed E-state index contributed by atoms with van der Waals surface area (Å²) in [5.74, 6) is 2.80. The number of pyridine rings is 1. The molecular formula is C17H19N3OS. The van der Waals surface area contributed by atoms with Gasteiger partial charge < -0.3 is 9.72 Å². The van der Waals surface area contributed by atoms with E-state index in [1.807, 2.05) is 24.8 Å². The molecule has 22 heavy (non-hydrogen) atoms. The maximum atomic E-state index is 5.82. The van der Waals surface area contributed by atoms with Crippen LogP contribution in [0.3, 0.4) is 0 Å². The number of thioether (sulfide) groups is 1. The summed E-state index contributed by atoms with van der Waals surface area (Å²) in [5.41, 5.74) is 2.83. The molecule has 0 unspecified atom stereocenters. The first-order chi connectivity index (χ1) is 10.8. The number of H-pyrrole nitrogens is 1. The van der Waals surface area contributed by atoms with Gasteiger partial charge in [0.15, 0.2) is 0 Å². The van der Waals surface area contributed by atoms with Crippen LogP contribution in [0.5, 0.6) is 5.75 Å². The number of imidazole rings is 1. The molecule has 0 amide bonds. The molecule has 0 radical (unpaired) electrons. The van der Waals surface area contributed by atoms with Crippen LogP contribution in [0.4, 0.5) is 0 Å². The Morgan fingerprint density at radius 1 is 1.23 bits per heavy atom. The first-order valence-electron chi connectivity index (χ1n) is 7.51. The summed E-state index contributed by atoms with van der Waals surface area (Å²) in [4.78, 5) is 13.3. The van der Waals surface area contributed by atoms with Crippen molar-refractivity contribution < 1.29 is 4.74 Å². The first-order valence-corrected chi connectivity index (χ1v) is 8.50. The topological polar surface area (TPSA) is 50.8 Å². The predicted octanol–water partition coefficient (Wildman–Crippen LogP) is 4.53. The summed E-state index contributed by atoms with van der Waals surface area (Å²) in [5, 5.41) is 0. The molecule has 0 spiro atoms. The predicted molar refractivity (Wildman–Crippen MR) is 91.5 cm³/mol. The normalized spacial score (nSPS) is 11.0. The zero-order valence-electron chi connectivity index (χ0n) is 12.8. The van der Waals surface area contributed by atoms with Crippen LogP contribution in [0.1, 0.15) is 20.3 Å². The molecule has 0 saturated carbocycles. The molecule has 114 valence electrons. The third-order valence-corrected chi connectivity index (χ3v) is 4.47. The zero-order chi connectivity index (χ0) is 15.4. The number of aromatic nitrogens is 3. The first kappa shape index (κ1) is 14.9. The van der Waals surface area contributed by atoms with Gasteiger partial charge in [0.05, 0.1) is 23.9 Å². The number of hydrogen-bond donors (Lipinski definition) is 1. The van der Waals surface area contributed by atoms with Gasteiger partial charge in [-0.25, -0.2) is 4.98 Å². The highest BCUT2D eigenvalue weighted by Gasteiger charge is 2.12. The number of aromatic amines is 1. The van der Waals surface area contributed by atoms with E-state index >= 15 is 0 Å². The fourth-order valence-corrected chi connectivity index (χ4v) is 3.06. The molecule has 2 aromatic heterocycles. The highest BCUT2D eigenvalue weighted by atomic mass is 32.2. The van der Waals surface area contributed by atoms with Gasteiger partial charge in [-0.1, -0.05) is 6.92 Å². The van der Waals surface area contributed by atoms with Crippen molar-refractivity contribution in [2.75, 3.05) is 12.4 Å². The Kier molecular flexibility index (Phi) is 4.63. The number of fused-ring (bicyclic) bond motifs is 1. The lowest BCUT2D eigenvalue weighted by atomic mass is 10.2. The molecule has 5 heteroatoms. The molecule has 0 bridgehead atoms. The maximum absolute atomic E-state index is 5.82. The minimum atomic E-state index is 0.636. The van der Waals surface area contributed by atoms with E-state index in [9.17, 15) is 0 Å². The third kappa shape index (κ3) is 3.09. The molecule has 0 saturated heterocycles. The van der Waals surface area contributed by atoms with Crippen molar-refractivity contribution in [1.82, 2.24) is 15.0 Å². The zero-order valence-corrected chi connectivity index (χ0v) is 13.6. The summed E-state index contributed by atoms with van der Waals surface area (Å²) in [7, 11) is 0. The van der Waals surface area contributed by atoms with Crippen molar-refractivity contribution in [1.29, 1.82) is 0 Å². The van der Waals surface area contributed by atoms with Gasteiger partial charge in [-0.3, -0.25) is 4.98 Å². The summed E-state index contributed by atoms with van der Waals surface area (Å²) in [6, 6.07) is 8.24. The highest BCUT2D eigenvalue weighted by Crippen LogP contribution is 2.33. The Labute approximate surface area is 134 Å². The number of nitrogens with zero attached hydrogens (tertiary/aromatic N) is 2. The van der Waals surface area contributed by atoms with Crippen LogP contribution in [-0.4, -0.2) is 27.3 Å². The fraction of sp³-hybridized carbons (Fsp3) is 0.294. The van der Waals surface area contributed by atoms with E-state index in [2.05, 4.69) is 40.1 Å². The number of hydrogen-bond acceptors (Lipinski definition) is 4. The van der Waals surface area contributed by atoms with Crippen LogP contribution in [0.2, 0.25) is 0 Å². The van der Waals surface area contributed by atoms with E-state index in [0.717, 1.165) is 40.3 Å². The Balaban J connectivity index is 2.00. The summed E-state index contributed by atoms with van der Waals surface area (Å²) in [6.45, 7) is 4.82. The molecule has 0 aliphatic heterocycles. The maximum Gasteiger partial charge on any atom is 0.142 e. The van der Waals surface area contributed by atoms with Crippen molar-refractivity contribution in [2.45, 2.75) is 25.2 Å². The minimum Gasteiger partial charge on any atom is -0.493 e. The number of rotatable bonds is 6. The van der Waals surface area contributed by atoms with Gasteiger partial charge in [0.2, 0.25) is 0 Å². The third-order valence-electron chi connectivity index (χ3n) is 3.27. The van der Waals surface area contributed by atoms with Crippen LogP contribution in [0, 0.1) is 0 Å². The lowest BCUT2D eigenvalue weighted by molar-refractivity contribution is 0.340. The van der Waals surface area contributed by atoms with E-state index in [-0.39, 0.29) is 0 Å². The van der Waals surface area contributed by atoms with Crippen molar-refractivity contribution in [3.8, 4) is 17.1 Å². The fourth-order valence-electron chi connectivity index (χ4n) is 2.27. The molecule has 3 rings (SSSR count). The van der Waals surface area contributed by atoms with E-state index in [4.69, 9.17) is 4.74 Å². The SMILES string of the molecule is CCCSc1ccc(-c2nc3cnccc3[nH]2)c(OCC)c1. The quantitative estimate of drug-likeness (QED) is 0.679. The summed E-state index contributed by atoms with van der Waals surface area (Å²) in [6.07, 6.45) is 4.69. The molecule has 0 aliphatic carbocycles. The molecule has 3 aromatic rings. The van der Waals surface area contributed by atoms with E-state index in [1.54, 1.807) is 12.4 Å². The second kappa shape index (κ2) is 6.83. The lowest BCUT2D eigenvalue weighted by Gasteiger charge is -2.10. The average molecular weight is 313 g/mol. The summed E-state index contributed by atoms with van der Waals surface area (Å²) >= 11 is 1.85. The van der Waals surface area contributed by atoms with Gasteiger partial charge >= 0.3 is 0 Å². The van der Waals surface area contributed by atoms with Gasteiger partial charge in [-0.05, 0) is 43.4 Å². The van der Waals surface area contributed by atoms with Crippen LogP contribution in [0.25, 0.3) is 22.4 Å². The van der Waals surface area contributed by atoms with Gasteiger partial charge in [0.25, 0.3) is 0 Å². The van der Waals surface area contributed by atoms with E-state index < -0.39 is 0 Å². The number of ether oxygens (including phenoxy) is 1. The monoisotopic (exact) mass is 313 g/mol. The van der Waals surface area contributed by atoms with E-state index in [0.29, 0.717) is 6.61 Å². The minimum absolute atomic E-state index is 0.636. The molecule has 0 atom stereocenters. The number of nitrogens with one attached hydrogen (secondary N) is 1. The second-order valence-electron chi connectivity index (χ2n) is 4.92. The molecule has 1 N–H and O–H groups in total. The van der Waals surface area contributed by atoms with Gasteiger partial charge in [0.1, 0.15) is 17.1 Å². The van der Waals surface area contributed by atoms with Crippen molar-refractivity contribution in [3.63, 3.8) is 0 Å². The molecular weight excluding hydrogens is 294 g/mol. The molecule has 4 nitrogen and oxygen atoms in total. The molecule has 0 aliphatic rings. The van der Waals surface area contributed by atoms with Crippen LogP contribution in [0.15, 0.2) is 41.6 Å².